The SMILES string of the molecule is COC(=O)[C@@H]1Cc2c([nH]c3ccc(O)cc23)C(c2ccccc2)N1C(C)=O. The molecule has 1 aliphatic rings. The highest BCUT2D eigenvalue weighted by atomic mass is 16.5. The van der Waals surface area contributed by atoms with Gasteiger partial charge in [-0.3, -0.25) is 4.79 Å². The van der Waals surface area contributed by atoms with Crippen LogP contribution in [0.25, 0.3) is 10.9 Å². The Hall–Kier alpha value is -3.28. The fraction of sp³-hybridized carbons (Fsp3) is 0.238. The molecule has 0 spiro atoms. The lowest BCUT2D eigenvalue weighted by Gasteiger charge is -2.40. The smallest absolute Gasteiger partial charge is 0.328 e. The van der Waals surface area contributed by atoms with Crippen LogP contribution < -0.4 is 0 Å². The maximum atomic E-state index is 12.6. The minimum absolute atomic E-state index is 0.157. The van der Waals surface area contributed by atoms with Crippen molar-refractivity contribution in [1.82, 2.24) is 9.88 Å². The van der Waals surface area contributed by atoms with Gasteiger partial charge in [-0.05, 0) is 29.3 Å². The minimum Gasteiger partial charge on any atom is -0.508 e. The quantitative estimate of drug-likeness (QED) is 0.685. The number of methoxy groups -OCH3 is 1. The van der Waals surface area contributed by atoms with E-state index in [-0.39, 0.29) is 11.7 Å². The average Bonchev–Trinajstić information content (AvgIpc) is 3.04. The van der Waals surface area contributed by atoms with Gasteiger partial charge in [0.1, 0.15) is 11.8 Å². The van der Waals surface area contributed by atoms with Crippen molar-refractivity contribution >= 4 is 22.8 Å². The highest BCUT2D eigenvalue weighted by molar-refractivity contribution is 5.91. The number of aromatic nitrogens is 1. The van der Waals surface area contributed by atoms with Crippen molar-refractivity contribution in [2.75, 3.05) is 7.11 Å². The highest BCUT2D eigenvalue weighted by Gasteiger charge is 2.42. The molecule has 0 saturated heterocycles. The number of hydrogen-bond donors (Lipinski definition) is 2. The van der Waals surface area contributed by atoms with Crippen LogP contribution in [0.1, 0.15) is 29.8 Å². The number of aromatic amines is 1. The topological polar surface area (TPSA) is 82.6 Å². The number of rotatable bonds is 2. The molecule has 4 rings (SSSR count). The Morgan fingerprint density at radius 2 is 1.93 bits per heavy atom. The number of benzene rings is 2. The van der Waals surface area contributed by atoms with E-state index in [1.54, 1.807) is 23.1 Å². The molecule has 1 unspecified atom stereocenters. The molecule has 1 aliphatic heterocycles. The van der Waals surface area contributed by atoms with Gasteiger partial charge in [0.05, 0.1) is 13.2 Å². The van der Waals surface area contributed by atoms with E-state index in [1.165, 1.54) is 14.0 Å². The number of H-pyrrole nitrogens is 1. The van der Waals surface area contributed by atoms with Crippen LogP contribution in [-0.2, 0) is 20.7 Å². The van der Waals surface area contributed by atoms with Crippen molar-refractivity contribution in [2.24, 2.45) is 0 Å². The predicted molar refractivity (Wildman–Crippen MR) is 100 cm³/mol. The van der Waals surface area contributed by atoms with Crippen LogP contribution in [0.2, 0.25) is 0 Å². The lowest BCUT2D eigenvalue weighted by molar-refractivity contribution is -0.154. The zero-order valence-corrected chi connectivity index (χ0v) is 15.1. The summed E-state index contributed by atoms with van der Waals surface area (Å²) < 4.78 is 4.99. The molecular formula is C21H20N2O4. The molecule has 6 heteroatoms. The van der Waals surface area contributed by atoms with Gasteiger partial charge in [0.15, 0.2) is 0 Å². The van der Waals surface area contributed by atoms with Gasteiger partial charge in [0.25, 0.3) is 0 Å². The van der Waals surface area contributed by atoms with Crippen LogP contribution in [-0.4, -0.2) is 40.0 Å². The number of phenolic OH excluding ortho intramolecular Hbond substituents is 1. The Bertz CT molecular complexity index is 1030. The maximum Gasteiger partial charge on any atom is 0.328 e. The molecule has 0 bridgehead atoms. The molecule has 2 N–H and O–H groups in total. The van der Waals surface area contributed by atoms with Crippen molar-refractivity contribution in [1.29, 1.82) is 0 Å². The third-order valence-electron chi connectivity index (χ3n) is 5.16. The van der Waals surface area contributed by atoms with Crippen molar-refractivity contribution in [2.45, 2.75) is 25.4 Å². The summed E-state index contributed by atoms with van der Waals surface area (Å²) in [6, 6.07) is 13.5. The molecule has 0 saturated carbocycles. The lowest BCUT2D eigenvalue weighted by atomic mass is 9.88. The number of ether oxygens (including phenoxy) is 1. The Morgan fingerprint density at radius 1 is 1.19 bits per heavy atom. The second kappa shape index (κ2) is 6.46. The summed E-state index contributed by atoms with van der Waals surface area (Å²) in [5.74, 6) is -0.498. The Labute approximate surface area is 156 Å². The molecule has 3 aromatic rings. The second-order valence-electron chi connectivity index (χ2n) is 6.73. The van der Waals surface area contributed by atoms with E-state index in [2.05, 4.69) is 4.98 Å². The standard InChI is InChI=1S/C21H20N2O4/c1-12(24)23-18(21(26)27-2)11-16-15-10-14(25)8-9-17(15)22-19(16)20(23)13-6-4-3-5-7-13/h3-10,18,20,22,25H,11H2,1-2H3/t18-,20?/m0/s1. The number of phenols is 1. The van der Waals surface area contributed by atoms with Crippen LogP contribution in [0, 0.1) is 0 Å². The molecule has 1 aromatic heterocycles. The lowest BCUT2D eigenvalue weighted by Crippen LogP contribution is -2.51. The van der Waals surface area contributed by atoms with Gasteiger partial charge in [0.2, 0.25) is 5.91 Å². The van der Waals surface area contributed by atoms with Gasteiger partial charge in [-0.15, -0.1) is 0 Å². The predicted octanol–water partition coefficient (Wildman–Crippen LogP) is 2.91. The summed E-state index contributed by atoms with van der Waals surface area (Å²) in [6.07, 6.45) is 0.328. The molecule has 0 aliphatic carbocycles. The molecule has 0 radical (unpaired) electrons. The number of nitrogens with one attached hydrogen (secondary N) is 1. The zero-order valence-electron chi connectivity index (χ0n) is 15.1. The van der Waals surface area contributed by atoms with Crippen LogP contribution in [0.15, 0.2) is 48.5 Å². The number of carbonyl (C=O) groups is 2. The first-order valence-corrected chi connectivity index (χ1v) is 8.76. The van der Waals surface area contributed by atoms with Crippen LogP contribution in [0.4, 0.5) is 0 Å². The summed E-state index contributed by atoms with van der Waals surface area (Å²) in [5, 5.41) is 10.8. The van der Waals surface area contributed by atoms with Crippen molar-refractivity contribution in [3.8, 4) is 5.75 Å². The molecule has 0 fully saturated rings. The third-order valence-corrected chi connectivity index (χ3v) is 5.16. The van der Waals surface area contributed by atoms with Gasteiger partial charge in [-0.25, -0.2) is 4.79 Å². The van der Waals surface area contributed by atoms with Crippen molar-refractivity contribution < 1.29 is 19.4 Å². The fourth-order valence-corrected chi connectivity index (χ4v) is 4.02. The summed E-state index contributed by atoms with van der Waals surface area (Å²) in [6.45, 7) is 1.46. The van der Waals surface area contributed by atoms with Gasteiger partial charge in [-0.2, -0.15) is 0 Å². The number of hydrogen-bond acceptors (Lipinski definition) is 4. The molecule has 2 aromatic carbocycles. The average molecular weight is 364 g/mol. The molecule has 2 heterocycles. The summed E-state index contributed by atoms with van der Waals surface area (Å²) in [7, 11) is 1.33. The number of fused-ring (bicyclic) bond motifs is 3. The fourth-order valence-electron chi connectivity index (χ4n) is 4.02. The summed E-state index contributed by atoms with van der Waals surface area (Å²) in [4.78, 5) is 30.1. The van der Waals surface area contributed by atoms with Crippen molar-refractivity contribution in [3.63, 3.8) is 0 Å². The number of amides is 1. The highest BCUT2D eigenvalue weighted by Crippen LogP contribution is 2.41. The first-order chi connectivity index (χ1) is 13.0. The van der Waals surface area contributed by atoms with E-state index in [1.807, 2.05) is 30.3 Å². The maximum absolute atomic E-state index is 12.6. The molecular weight excluding hydrogens is 344 g/mol. The largest absolute Gasteiger partial charge is 0.508 e. The second-order valence-corrected chi connectivity index (χ2v) is 6.73. The molecule has 2 atom stereocenters. The Kier molecular flexibility index (Phi) is 4.11. The first kappa shape index (κ1) is 17.1. The normalized spacial score (nSPS) is 19.0. The van der Waals surface area contributed by atoms with E-state index in [0.717, 1.165) is 27.7 Å². The summed E-state index contributed by atoms with van der Waals surface area (Å²) >= 11 is 0. The monoisotopic (exact) mass is 364 g/mol. The van der Waals surface area contributed by atoms with E-state index in [0.29, 0.717) is 6.42 Å². The van der Waals surface area contributed by atoms with Crippen LogP contribution in [0.3, 0.4) is 0 Å². The van der Waals surface area contributed by atoms with E-state index in [4.69, 9.17) is 4.74 Å². The van der Waals surface area contributed by atoms with Crippen LogP contribution in [0.5, 0.6) is 5.75 Å². The zero-order chi connectivity index (χ0) is 19.1. The van der Waals surface area contributed by atoms with E-state index >= 15 is 0 Å². The van der Waals surface area contributed by atoms with Crippen molar-refractivity contribution in [3.05, 3.63) is 65.4 Å². The van der Waals surface area contributed by atoms with Gasteiger partial charge >= 0.3 is 5.97 Å². The Morgan fingerprint density at radius 3 is 2.59 bits per heavy atom. The minimum atomic E-state index is -0.730. The number of carbonyl (C=O) groups excluding carboxylic acids is 2. The van der Waals surface area contributed by atoms with Gasteiger partial charge < -0.3 is 19.7 Å². The molecule has 1 amide bonds. The van der Waals surface area contributed by atoms with E-state index < -0.39 is 18.1 Å². The molecule has 27 heavy (non-hydrogen) atoms. The molecule has 6 nitrogen and oxygen atoms in total. The number of aromatic hydroxyl groups is 1. The van der Waals surface area contributed by atoms with Gasteiger partial charge in [-0.1, -0.05) is 30.3 Å². The van der Waals surface area contributed by atoms with Crippen LogP contribution >= 0.6 is 0 Å². The summed E-state index contributed by atoms with van der Waals surface area (Å²) in [5.41, 5.74) is 3.53. The molecule has 138 valence electrons. The van der Waals surface area contributed by atoms with E-state index in [9.17, 15) is 14.7 Å². The number of esters is 1. The third kappa shape index (κ3) is 2.73. The van der Waals surface area contributed by atoms with Gasteiger partial charge in [0, 0.05) is 29.9 Å². The first-order valence-electron chi connectivity index (χ1n) is 8.76. The number of nitrogens with zero attached hydrogens (tertiary/aromatic N) is 1. The Balaban J connectivity index is 2.00.